The lowest BCUT2D eigenvalue weighted by molar-refractivity contribution is -0.146. The Labute approximate surface area is 177 Å². The number of ketones is 1. The first kappa shape index (κ1) is 23.6. The number of unbranched alkanes of at least 4 members (excludes halogenated alkanes) is 4. The molecule has 1 aromatic rings. The number of ether oxygens (including phenoxy) is 1. The van der Waals surface area contributed by atoms with E-state index in [1.165, 1.54) is 69.8 Å². The van der Waals surface area contributed by atoms with Gasteiger partial charge in [-0.25, -0.2) is 0 Å². The largest absolute Gasteiger partial charge is 0.454 e. The molecule has 3 heteroatoms. The second-order valence-electron chi connectivity index (χ2n) is 8.79. The van der Waals surface area contributed by atoms with Crippen LogP contribution in [0.4, 0.5) is 0 Å². The molecule has 0 spiro atoms. The zero-order valence-corrected chi connectivity index (χ0v) is 18.8. The third kappa shape index (κ3) is 7.95. The van der Waals surface area contributed by atoms with E-state index >= 15 is 0 Å². The Morgan fingerprint density at radius 2 is 1.59 bits per heavy atom. The summed E-state index contributed by atoms with van der Waals surface area (Å²) in [5.41, 5.74) is 1.98. The van der Waals surface area contributed by atoms with Crippen LogP contribution in [-0.4, -0.2) is 17.9 Å². The second-order valence-corrected chi connectivity index (χ2v) is 8.79. The quantitative estimate of drug-likeness (QED) is 0.211. The maximum absolute atomic E-state index is 12.5. The lowest BCUT2D eigenvalue weighted by atomic mass is 9.77. The van der Waals surface area contributed by atoms with Gasteiger partial charge < -0.3 is 4.74 Å². The van der Waals surface area contributed by atoms with Gasteiger partial charge in [0.15, 0.2) is 6.10 Å². The summed E-state index contributed by atoms with van der Waals surface area (Å²) in [7, 11) is 0. The average molecular weight is 401 g/mol. The van der Waals surface area contributed by atoms with Gasteiger partial charge in [0.2, 0.25) is 5.78 Å². The molecule has 0 N–H and O–H groups in total. The van der Waals surface area contributed by atoms with Crippen LogP contribution < -0.4 is 0 Å². The van der Waals surface area contributed by atoms with Crippen LogP contribution in [0.5, 0.6) is 0 Å². The molecule has 0 saturated heterocycles. The standard InChI is InChI=1S/C26H40O3/c1-4-6-7-8-9-11-21-12-14-22(15-13-21)23-16-18-24(19-17-23)26(28)20(3)29-25(27)10-5-2/h16-22H,4-15H2,1-3H3. The zero-order chi connectivity index (χ0) is 21.1. The number of esters is 1. The Kier molecular flexibility index (Phi) is 10.5. The van der Waals surface area contributed by atoms with E-state index in [1.807, 2.05) is 19.1 Å². The fourth-order valence-corrected chi connectivity index (χ4v) is 4.49. The first-order valence-corrected chi connectivity index (χ1v) is 11.9. The number of Topliss-reactive ketones (excluding diaryl/α,β-unsaturated/α-hetero) is 1. The average Bonchev–Trinajstić information content (AvgIpc) is 2.74. The molecule has 1 atom stereocenters. The number of hydrogen-bond donors (Lipinski definition) is 0. The first-order chi connectivity index (χ1) is 14.0. The molecular formula is C26H40O3. The summed E-state index contributed by atoms with van der Waals surface area (Å²) in [5, 5.41) is 0. The molecule has 1 unspecified atom stereocenters. The Morgan fingerprint density at radius 1 is 0.931 bits per heavy atom. The van der Waals surface area contributed by atoms with E-state index < -0.39 is 6.10 Å². The lowest BCUT2D eigenvalue weighted by Gasteiger charge is -2.29. The topological polar surface area (TPSA) is 43.4 Å². The molecule has 1 aliphatic rings. The molecule has 0 aromatic heterocycles. The van der Waals surface area contributed by atoms with Gasteiger partial charge in [-0.15, -0.1) is 0 Å². The highest BCUT2D eigenvalue weighted by atomic mass is 16.5. The molecule has 1 fully saturated rings. The van der Waals surface area contributed by atoms with Crippen LogP contribution in [0.25, 0.3) is 0 Å². The molecule has 0 aliphatic heterocycles. The van der Waals surface area contributed by atoms with E-state index in [9.17, 15) is 9.59 Å². The van der Waals surface area contributed by atoms with Gasteiger partial charge in [0.25, 0.3) is 0 Å². The van der Waals surface area contributed by atoms with E-state index in [4.69, 9.17) is 4.74 Å². The van der Waals surface area contributed by atoms with Crippen LogP contribution >= 0.6 is 0 Å². The van der Waals surface area contributed by atoms with Crippen LogP contribution in [0, 0.1) is 5.92 Å². The maximum atomic E-state index is 12.5. The summed E-state index contributed by atoms with van der Waals surface area (Å²) >= 11 is 0. The molecule has 0 heterocycles. The normalized spacial score (nSPS) is 20.2. The Bertz CT molecular complexity index is 611. The van der Waals surface area contributed by atoms with Crippen molar-refractivity contribution in [2.45, 2.75) is 110 Å². The predicted octanol–water partition coefficient (Wildman–Crippen LogP) is 7.24. The van der Waals surface area contributed by atoms with Gasteiger partial charge in [-0.05, 0) is 56.4 Å². The maximum Gasteiger partial charge on any atom is 0.306 e. The van der Waals surface area contributed by atoms with Gasteiger partial charge in [0.05, 0.1) is 0 Å². The zero-order valence-electron chi connectivity index (χ0n) is 18.8. The number of hydrogen-bond acceptors (Lipinski definition) is 3. The smallest absolute Gasteiger partial charge is 0.306 e. The fourth-order valence-electron chi connectivity index (χ4n) is 4.49. The highest BCUT2D eigenvalue weighted by Gasteiger charge is 2.23. The number of benzene rings is 1. The van der Waals surface area contributed by atoms with E-state index in [1.54, 1.807) is 6.92 Å². The van der Waals surface area contributed by atoms with Crippen molar-refractivity contribution in [2.75, 3.05) is 0 Å². The Morgan fingerprint density at radius 3 is 2.21 bits per heavy atom. The van der Waals surface area contributed by atoms with Gasteiger partial charge >= 0.3 is 5.97 Å². The molecule has 0 amide bonds. The summed E-state index contributed by atoms with van der Waals surface area (Å²) in [5.74, 6) is 1.11. The molecule has 1 saturated carbocycles. The summed E-state index contributed by atoms with van der Waals surface area (Å²) in [6.07, 6.45) is 13.9. The molecule has 29 heavy (non-hydrogen) atoms. The van der Waals surface area contributed by atoms with Gasteiger partial charge in [-0.1, -0.05) is 76.6 Å². The summed E-state index contributed by atoms with van der Waals surface area (Å²) in [4.78, 5) is 24.1. The SMILES string of the molecule is CCCCCCCC1CCC(c2ccc(C(=O)C(C)OC(=O)CCC)cc2)CC1. The Balaban J connectivity index is 1.77. The minimum atomic E-state index is -0.715. The first-order valence-electron chi connectivity index (χ1n) is 11.9. The molecule has 1 aromatic carbocycles. The molecule has 3 nitrogen and oxygen atoms in total. The third-order valence-electron chi connectivity index (χ3n) is 6.36. The number of carbonyl (C=O) groups excluding carboxylic acids is 2. The van der Waals surface area contributed by atoms with Crippen LogP contribution in [-0.2, 0) is 9.53 Å². The molecule has 2 rings (SSSR count). The lowest BCUT2D eigenvalue weighted by Crippen LogP contribution is -2.24. The number of carbonyl (C=O) groups is 2. The van der Waals surface area contributed by atoms with Gasteiger partial charge in [0.1, 0.15) is 0 Å². The molecule has 0 radical (unpaired) electrons. The molecule has 0 bridgehead atoms. The predicted molar refractivity (Wildman–Crippen MR) is 119 cm³/mol. The minimum absolute atomic E-state index is 0.118. The van der Waals surface area contributed by atoms with Crippen LogP contribution in [0.15, 0.2) is 24.3 Å². The monoisotopic (exact) mass is 400 g/mol. The van der Waals surface area contributed by atoms with E-state index in [2.05, 4.69) is 19.1 Å². The van der Waals surface area contributed by atoms with Crippen LogP contribution in [0.3, 0.4) is 0 Å². The van der Waals surface area contributed by atoms with Crippen molar-refractivity contribution in [1.82, 2.24) is 0 Å². The highest BCUT2D eigenvalue weighted by molar-refractivity contribution is 6.00. The van der Waals surface area contributed by atoms with Crippen molar-refractivity contribution in [2.24, 2.45) is 5.92 Å². The van der Waals surface area contributed by atoms with E-state index in [-0.39, 0.29) is 11.8 Å². The third-order valence-corrected chi connectivity index (χ3v) is 6.36. The van der Waals surface area contributed by atoms with Crippen molar-refractivity contribution in [3.05, 3.63) is 35.4 Å². The summed E-state index contributed by atoms with van der Waals surface area (Å²) in [6.45, 7) is 5.85. The van der Waals surface area contributed by atoms with Gasteiger partial charge in [0, 0.05) is 12.0 Å². The highest BCUT2D eigenvalue weighted by Crippen LogP contribution is 2.37. The van der Waals surface area contributed by atoms with Crippen molar-refractivity contribution in [3.8, 4) is 0 Å². The van der Waals surface area contributed by atoms with E-state index in [0.717, 1.165) is 12.3 Å². The van der Waals surface area contributed by atoms with Crippen molar-refractivity contribution in [1.29, 1.82) is 0 Å². The Hall–Kier alpha value is -1.64. The molecule has 1 aliphatic carbocycles. The van der Waals surface area contributed by atoms with Crippen LogP contribution in [0.1, 0.15) is 120 Å². The summed E-state index contributed by atoms with van der Waals surface area (Å²) < 4.78 is 5.23. The van der Waals surface area contributed by atoms with E-state index in [0.29, 0.717) is 17.9 Å². The van der Waals surface area contributed by atoms with Crippen molar-refractivity contribution >= 4 is 11.8 Å². The van der Waals surface area contributed by atoms with Crippen molar-refractivity contribution in [3.63, 3.8) is 0 Å². The van der Waals surface area contributed by atoms with Gasteiger partial charge in [-0.3, -0.25) is 9.59 Å². The van der Waals surface area contributed by atoms with Gasteiger partial charge in [-0.2, -0.15) is 0 Å². The molecule has 162 valence electrons. The van der Waals surface area contributed by atoms with Crippen LogP contribution in [0.2, 0.25) is 0 Å². The van der Waals surface area contributed by atoms with Crippen molar-refractivity contribution < 1.29 is 14.3 Å². The molecular weight excluding hydrogens is 360 g/mol. The number of rotatable bonds is 12. The summed E-state index contributed by atoms with van der Waals surface area (Å²) in [6, 6.07) is 8.01. The second kappa shape index (κ2) is 12.8. The fraction of sp³-hybridized carbons (Fsp3) is 0.692. The minimum Gasteiger partial charge on any atom is -0.454 e.